The van der Waals surface area contributed by atoms with Gasteiger partial charge in [0.2, 0.25) is 11.4 Å². The first-order valence-electron chi connectivity index (χ1n) is 5.15. The predicted octanol–water partition coefficient (Wildman–Crippen LogP) is 2.96. The van der Waals surface area contributed by atoms with Crippen LogP contribution in [0.15, 0.2) is 35.7 Å². The van der Waals surface area contributed by atoms with Crippen molar-refractivity contribution in [3.63, 3.8) is 0 Å². The Morgan fingerprint density at radius 1 is 1.00 bits per heavy atom. The molecule has 1 rings (SSSR count). The molecule has 6 nitrogen and oxygen atoms in total. The second-order valence-corrected chi connectivity index (χ2v) is 3.76. The van der Waals surface area contributed by atoms with Gasteiger partial charge in [-0.05, 0) is 17.2 Å². The van der Waals surface area contributed by atoms with Gasteiger partial charge in [-0.25, -0.2) is 0 Å². The standard InChI is InChI=1S/C12H12N2O4/c1-9(13(15)16)6-11-4-3-5-12(8-11)7-10(2)14(17)18/h3-8H,1-2H3. The van der Waals surface area contributed by atoms with Crippen molar-refractivity contribution in [2.75, 3.05) is 0 Å². The number of nitrogens with zero attached hydrogens (tertiary/aromatic N) is 2. The van der Waals surface area contributed by atoms with E-state index in [2.05, 4.69) is 0 Å². The minimum Gasteiger partial charge on any atom is -0.259 e. The fraction of sp³-hybridized carbons (Fsp3) is 0.167. The molecular formula is C12H12N2O4. The third-order valence-electron chi connectivity index (χ3n) is 2.24. The molecule has 0 saturated carbocycles. The molecule has 0 amide bonds. The number of hydrogen-bond donors (Lipinski definition) is 0. The summed E-state index contributed by atoms with van der Waals surface area (Å²) in [5.41, 5.74) is 1.30. The van der Waals surface area contributed by atoms with Gasteiger partial charge in [0, 0.05) is 26.0 Å². The van der Waals surface area contributed by atoms with E-state index in [-0.39, 0.29) is 11.4 Å². The van der Waals surface area contributed by atoms with Crippen LogP contribution in [0.4, 0.5) is 0 Å². The van der Waals surface area contributed by atoms with Crippen LogP contribution in [-0.2, 0) is 0 Å². The van der Waals surface area contributed by atoms with Gasteiger partial charge in [0.05, 0.1) is 9.85 Å². The molecule has 0 radical (unpaired) electrons. The average molecular weight is 248 g/mol. The predicted molar refractivity (Wildman–Crippen MR) is 67.7 cm³/mol. The fourth-order valence-corrected chi connectivity index (χ4v) is 1.33. The summed E-state index contributed by atoms with van der Waals surface area (Å²) in [4.78, 5) is 20.0. The van der Waals surface area contributed by atoms with Crippen molar-refractivity contribution in [3.8, 4) is 0 Å². The molecular weight excluding hydrogens is 236 g/mol. The van der Waals surface area contributed by atoms with Crippen LogP contribution in [0.1, 0.15) is 25.0 Å². The zero-order valence-electron chi connectivity index (χ0n) is 9.99. The highest BCUT2D eigenvalue weighted by Crippen LogP contribution is 2.13. The molecule has 0 fully saturated rings. The molecule has 0 aliphatic heterocycles. The Morgan fingerprint density at radius 3 is 1.72 bits per heavy atom. The van der Waals surface area contributed by atoms with Crippen LogP contribution in [0.25, 0.3) is 12.2 Å². The number of hydrogen-bond acceptors (Lipinski definition) is 4. The first-order chi connectivity index (χ1) is 8.40. The van der Waals surface area contributed by atoms with Gasteiger partial charge in [0.15, 0.2) is 0 Å². The van der Waals surface area contributed by atoms with Gasteiger partial charge in [-0.2, -0.15) is 0 Å². The van der Waals surface area contributed by atoms with Crippen molar-refractivity contribution < 1.29 is 9.85 Å². The van der Waals surface area contributed by atoms with Crippen LogP contribution in [0, 0.1) is 20.2 Å². The SMILES string of the molecule is CC(=Cc1cccc(C=C(C)[N+](=O)[O-])c1)[N+](=O)[O-]. The van der Waals surface area contributed by atoms with E-state index in [0.29, 0.717) is 11.1 Å². The largest absolute Gasteiger partial charge is 0.259 e. The Morgan fingerprint density at radius 2 is 1.39 bits per heavy atom. The van der Waals surface area contributed by atoms with E-state index in [9.17, 15) is 20.2 Å². The monoisotopic (exact) mass is 248 g/mol. The van der Waals surface area contributed by atoms with Crippen LogP contribution < -0.4 is 0 Å². The van der Waals surface area contributed by atoms with E-state index >= 15 is 0 Å². The minimum atomic E-state index is -0.481. The fourth-order valence-electron chi connectivity index (χ4n) is 1.33. The molecule has 0 bridgehead atoms. The molecule has 0 heterocycles. The number of nitro groups is 2. The van der Waals surface area contributed by atoms with Gasteiger partial charge in [-0.15, -0.1) is 0 Å². The maximum atomic E-state index is 10.5. The Hall–Kier alpha value is -2.50. The summed E-state index contributed by atoms with van der Waals surface area (Å²) in [5, 5.41) is 21.0. The van der Waals surface area contributed by atoms with Gasteiger partial charge in [0.25, 0.3) is 0 Å². The van der Waals surface area contributed by atoms with E-state index < -0.39 is 9.85 Å². The molecule has 0 aliphatic carbocycles. The van der Waals surface area contributed by atoms with Crippen LogP contribution in [0.2, 0.25) is 0 Å². The lowest BCUT2D eigenvalue weighted by Crippen LogP contribution is -1.94. The highest BCUT2D eigenvalue weighted by atomic mass is 16.6. The van der Waals surface area contributed by atoms with Gasteiger partial charge in [-0.1, -0.05) is 18.2 Å². The lowest BCUT2D eigenvalue weighted by molar-refractivity contribution is -0.422. The molecule has 1 aromatic rings. The van der Waals surface area contributed by atoms with Gasteiger partial charge in [0.1, 0.15) is 0 Å². The normalized spacial score (nSPS) is 12.3. The molecule has 0 spiro atoms. The average Bonchev–Trinajstić information content (AvgIpc) is 2.29. The molecule has 18 heavy (non-hydrogen) atoms. The summed E-state index contributed by atoms with van der Waals surface area (Å²) in [6, 6.07) is 6.75. The van der Waals surface area contributed by atoms with Crippen LogP contribution >= 0.6 is 0 Å². The lowest BCUT2D eigenvalue weighted by Gasteiger charge is -1.97. The smallest absolute Gasteiger partial charge is 0.243 e. The van der Waals surface area contributed by atoms with E-state index in [1.165, 1.54) is 26.0 Å². The van der Waals surface area contributed by atoms with Crippen molar-refractivity contribution in [2.24, 2.45) is 0 Å². The van der Waals surface area contributed by atoms with Crippen molar-refractivity contribution in [3.05, 3.63) is 67.0 Å². The van der Waals surface area contributed by atoms with Gasteiger partial charge < -0.3 is 0 Å². The van der Waals surface area contributed by atoms with Crippen LogP contribution in [-0.4, -0.2) is 9.85 Å². The summed E-state index contributed by atoms with van der Waals surface area (Å²) >= 11 is 0. The molecule has 0 aliphatic rings. The molecule has 6 heteroatoms. The molecule has 0 aromatic heterocycles. The zero-order valence-corrected chi connectivity index (χ0v) is 9.99. The molecule has 0 unspecified atom stereocenters. The minimum absolute atomic E-state index is 0.0159. The number of allylic oxidation sites excluding steroid dienone is 2. The molecule has 94 valence electrons. The van der Waals surface area contributed by atoms with Crippen molar-refractivity contribution in [2.45, 2.75) is 13.8 Å². The van der Waals surface area contributed by atoms with E-state index in [1.54, 1.807) is 24.3 Å². The first-order valence-corrected chi connectivity index (χ1v) is 5.15. The summed E-state index contributed by atoms with van der Waals surface area (Å²) in [6.07, 6.45) is 2.83. The third kappa shape index (κ3) is 3.82. The summed E-state index contributed by atoms with van der Waals surface area (Å²) < 4.78 is 0. The first kappa shape index (κ1) is 13.6. The number of benzene rings is 1. The second kappa shape index (κ2) is 5.72. The summed E-state index contributed by atoms with van der Waals surface area (Å²) in [5.74, 6) is 0. The van der Waals surface area contributed by atoms with E-state index in [4.69, 9.17) is 0 Å². The number of rotatable bonds is 4. The van der Waals surface area contributed by atoms with E-state index in [0.717, 1.165) is 0 Å². The van der Waals surface area contributed by atoms with Crippen LogP contribution in [0.3, 0.4) is 0 Å². The summed E-state index contributed by atoms with van der Waals surface area (Å²) in [6.45, 7) is 2.79. The summed E-state index contributed by atoms with van der Waals surface area (Å²) in [7, 11) is 0. The van der Waals surface area contributed by atoms with Crippen molar-refractivity contribution >= 4 is 12.2 Å². The quantitative estimate of drug-likeness (QED) is 0.605. The lowest BCUT2D eigenvalue weighted by atomic mass is 10.1. The zero-order chi connectivity index (χ0) is 13.7. The molecule has 0 N–H and O–H groups in total. The van der Waals surface area contributed by atoms with Gasteiger partial charge in [-0.3, -0.25) is 20.2 Å². The Bertz CT molecular complexity index is 502. The topological polar surface area (TPSA) is 86.3 Å². The van der Waals surface area contributed by atoms with E-state index in [1.807, 2.05) is 0 Å². The van der Waals surface area contributed by atoms with Crippen molar-refractivity contribution in [1.82, 2.24) is 0 Å². The third-order valence-corrected chi connectivity index (χ3v) is 2.24. The molecule has 1 aromatic carbocycles. The van der Waals surface area contributed by atoms with Crippen LogP contribution in [0.5, 0.6) is 0 Å². The second-order valence-electron chi connectivity index (χ2n) is 3.76. The Balaban J connectivity index is 3.07. The Kier molecular flexibility index (Phi) is 4.31. The molecule has 0 atom stereocenters. The Labute approximate surface area is 104 Å². The molecule has 0 saturated heterocycles. The maximum Gasteiger partial charge on any atom is 0.243 e. The highest BCUT2D eigenvalue weighted by molar-refractivity contribution is 5.58. The maximum absolute atomic E-state index is 10.5. The highest BCUT2D eigenvalue weighted by Gasteiger charge is 2.04. The van der Waals surface area contributed by atoms with Gasteiger partial charge >= 0.3 is 0 Å². The van der Waals surface area contributed by atoms with Crippen molar-refractivity contribution in [1.29, 1.82) is 0 Å².